The number of amides is 2. The van der Waals surface area contributed by atoms with Gasteiger partial charge in [0.1, 0.15) is 48.0 Å². The molecule has 3 aromatic rings. The van der Waals surface area contributed by atoms with Gasteiger partial charge in [0, 0.05) is 38.0 Å². The van der Waals surface area contributed by atoms with Gasteiger partial charge in [-0.2, -0.15) is 0 Å². The molecule has 2 amide bonds. The van der Waals surface area contributed by atoms with Crippen molar-refractivity contribution < 1.29 is 33.3 Å². The molecule has 2 aromatic carbocycles. The Morgan fingerprint density at radius 2 is 1.65 bits per heavy atom. The number of hydrogen-bond donors (Lipinski definition) is 3. The minimum Gasteiger partial charge on any atom is -0.490 e. The van der Waals surface area contributed by atoms with Gasteiger partial charge in [-0.25, -0.2) is 9.78 Å². The van der Waals surface area contributed by atoms with Gasteiger partial charge in [0.05, 0.1) is 24.1 Å². The quantitative estimate of drug-likeness (QED) is 0.147. The van der Waals surface area contributed by atoms with Gasteiger partial charge in [-0.1, -0.05) is 0 Å². The number of nitrogens with two attached hydrogens (primary N) is 1. The predicted molar refractivity (Wildman–Crippen MR) is 183 cm³/mol. The first-order valence-electron chi connectivity index (χ1n) is 16.9. The van der Waals surface area contributed by atoms with Crippen LogP contribution in [0.1, 0.15) is 70.7 Å². The van der Waals surface area contributed by atoms with Crippen LogP contribution in [0.15, 0.2) is 42.5 Å². The van der Waals surface area contributed by atoms with Crippen LogP contribution in [0.4, 0.5) is 4.79 Å². The number of ether oxygens (including phenoxy) is 4. The summed E-state index contributed by atoms with van der Waals surface area (Å²) in [5.41, 5.74) is 7.09. The molecule has 1 saturated heterocycles. The molecule has 0 atom stereocenters. The predicted octanol–water partition coefficient (Wildman–Crippen LogP) is 4.77. The SMILES string of the molecule is COC(=O)C1CCC(CNC(=O)Cn2c(COc3ccc(OC4CCN(C(=O)OC(C)(C)C)CC4)cc3)nc3cc(C(=N)N)ccc32)CC1. The van der Waals surface area contributed by atoms with Crippen LogP contribution in [0.3, 0.4) is 0 Å². The normalized spacial score (nSPS) is 18.5. The van der Waals surface area contributed by atoms with Crippen molar-refractivity contribution in [2.45, 2.75) is 84.2 Å². The number of nitrogens with zero attached hydrogens (tertiary/aromatic N) is 3. The van der Waals surface area contributed by atoms with E-state index in [1.54, 1.807) is 17.0 Å². The number of rotatable bonds is 11. The van der Waals surface area contributed by atoms with Crippen LogP contribution >= 0.6 is 0 Å². The van der Waals surface area contributed by atoms with Gasteiger partial charge in [-0.3, -0.25) is 15.0 Å². The number of piperidine rings is 1. The van der Waals surface area contributed by atoms with Crippen molar-refractivity contribution in [3.63, 3.8) is 0 Å². The molecule has 1 aliphatic heterocycles. The van der Waals surface area contributed by atoms with E-state index in [0.29, 0.717) is 66.8 Å². The molecular weight excluding hydrogens is 628 g/mol. The molecule has 2 fully saturated rings. The number of nitrogens with one attached hydrogen (secondary N) is 2. The van der Waals surface area contributed by atoms with E-state index in [-0.39, 0.29) is 49.0 Å². The lowest BCUT2D eigenvalue weighted by molar-refractivity contribution is -0.146. The van der Waals surface area contributed by atoms with E-state index in [1.807, 2.05) is 55.7 Å². The number of aromatic nitrogens is 2. The Morgan fingerprint density at radius 1 is 0.980 bits per heavy atom. The number of nitrogen functional groups attached to an aromatic ring is 1. The third-order valence-electron chi connectivity index (χ3n) is 9.00. The van der Waals surface area contributed by atoms with Gasteiger partial charge in [0.15, 0.2) is 0 Å². The number of carbonyl (C=O) groups excluding carboxylic acids is 3. The first-order chi connectivity index (χ1) is 23.4. The van der Waals surface area contributed by atoms with E-state index in [9.17, 15) is 14.4 Å². The zero-order valence-corrected chi connectivity index (χ0v) is 28.8. The third-order valence-corrected chi connectivity index (χ3v) is 9.00. The van der Waals surface area contributed by atoms with Crippen LogP contribution in [0.2, 0.25) is 0 Å². The molecule has 264 valence electrons. The molecule has 1 aromatic heterocycles. The summed E-state index contributed by atoms with van der Waals surface area (Å²) < 4.78 is 24.5. The van der Waals surface area contributed by atoms with Crippen molar-refractivity contribution in [1.29, 1.82) is 5.41 Å². The molecule has 49 heavy (non-hydrogen) atoms. The van der Waals surface area contributed by atoms with Gasteiger partial charge in [-0.15, -0.1) is 0 Å². The van der Waals surface area contributed by atoms with Crippen LogP contribution in [0.5, 0.6) is 11.5 Å². The van der Waals surface area contributed by atoms with Gasteiger partial charge in [-0.05, 0) is 94.8 Å². The second-order valence-electron chi connectivity index (χ2n) is 13.8. The Labute approximate surface area is 286 Å². The standard InChI is InChI=1S/C36H48N6O7/c1-36(2,3)49-35(45)41-17-15-28(16-18-41)48-27-12-10-26(11-13-27)47-22-31-40-29-19-25(33(37)38)9-14-30(29)42(31)21-32(43)39-20-23-5-7-24(8-6-23)34(44)46-4/h9-14,19,23-24,28H,5-8,15-18,20-22H2,1-4H3,(H3,37,38)(H,39,43). The van der Waals surface area contributed by atoms with Crippen molar-refractivity contribution in [3.05, 3.63) is 53.9 Å². The Bertz CT molecular complexity index is 1630. The van der Waals surface area contributed by atoms with Crippen LogP contribution in [0, 0.1) is 17.2 Å². The average Bonchev–Trinajstić information content (AvgIpc) is 3.42. The minimum atomic E-state index is -0.524. The van der Waals surface area contributed by atoms with Gasteiger partial charge in [0.2, 0.25) is 5.91 Å². The van der Waals surface area contributed by atoms with Gasteiger partial charge in [0.25, 0.3) is 0 Å². The highest BCUT2D eigenvalue weighted by Gasteiger charge is 2.29. The molecule has 0 spiro atoms. The molecule has 4 N–H and O–H groups in total. The number of hydrogen-bond acceptors (Lipinski definition) is 9. The smallest absolute Gasteiger partial charge is 0.410 e. The van der Waals surface area contributed by atoms with Gasteiger partial charge < -0.3 is 39.5 Å². The summed E-state index contributed by atoms with van der Waals surface area (Å²) in [6.45, 7) is 7.43. The molecule has 2 heterocycles. The Balaban J connectivity index is 1.17. The topological polar surface area (TPSA) is 171 Å². The summed E-state index contributed by atoms with van der Waals surface area (Å²) in [4.78, 5) is 43.8. The number of esters is 1. The fourth-order valence-electron chi connectivity index (χ4n) is 6.30. The Kier molecular flexibility index (Phi) is 11.3. The summed E-state index contributed by atoms with van der Waals surface area (Å²) in [6.07, 6.45) is 4.37. The van der Waals surface area contributed by atoms with Crippen molar-refractivity contribution in [2.24, 2.45) is 17.6 Å². The molecule has 13 heteroatoms. The average molecular weight is 677 g/mol. The number of likely N-dealkylation sites (tertiary alicyclic amines) is 1. The number of imidazole rings is 1. The largest absolute Gasteiger partial charge is 0.490 e. The maximum atomic E-state index is 13.2. The zero-order valence-electron chi connectivity index (χ0n) is 28.8. The molecule has 0 unspecified atom stereocenters. The number of benzene rings is 2. The summed E-state index contributed by atoms with van der Waals surface area (Å²) in [6, 6.07) is 12.6. The first kappa shape index (κ1) is 35.5. The highest BCUT2D eigenvalue weighted by atomic mass is 16.6. The second-order valence-corrected chi connectivity index (χ2v) is 13.8. The van der Waals surface area contributed by atoms with Crippen LogP contribution in [-0.2, 0) is 32.2 Å². The lowest BCUT2D eigenvalue weighted by atomic mass is 9.82. The molecule has 5 rings (SSSR count). The number of amidine groups is 1. The molecular formula is C36H48N6O7. The minimum absolute atomic E-state index is 0.00806. The molecule has 0 bridgehead atoms. The lowest BCUT2D eigenvalue weighted by Gasteiger charge is -2.33. The summed E-state index contributed by atoms with van der Waals surface area (Å²) in [7, 11) is 1.42. The van der Waals surface area contributed by atoms with Crippen molar-refractivity contribution in [1.82, 2.24) is 19.8 Å². The maximum Gasteiger partial charge on any atom is 0.410 e. The Morgan fingerprint density at radius 3 is 2.29 bits per heavy atom. The van der Waals surface area contributed by atoms with E-state index >= 15 is 0 Å². The van der Waals surface area contributed by atoms with Crippen LogP contribution in [0.25, 0.3) is 11.0 Å². The molecule has 1 saturated carbocycles. The fourth-order valence-corrected chi connectivity index (χ4v) is 6.30. The zero-order chi connectivity index (χ0) is 35.1. The van der Waals surface area contributed by atoms with E-state index < -0.39 is 5.60 Å². The first-order valence-corrected chi connectivity index (χ1v) is 16.9. The molecule has 0 radical (unpaired) electrons. The number of fused-ring (bicyclic) bond motifs is 1. The number of carbonyl (C=O) groups is 3. The fraction of sp³-hybridized carbons (Fsp3) is 0.528. The molecule has 13 nitrogen and oxygen atoms in total. The number of methoxy groups -OCH3 is 1. The third kappa shape index (κ3) is 9.64. The van der Waals surface area contributed by atoms with Gasteiger partial charge >= 0.3 is 12.1 Å². The second kappa shape index (κ2) is 15.6. The van der Waals surface area contributed by atoms with Crippen LogP contribution in [-0.4, -0.2) is 76.7 Å². The molecule has 2 aliphatic rings. The monoisotopic (exact) mass is 676 g/mol. The lowest BCUT2D eigenvalue weighted by Crippen LogP contribution is -2.44. The van der Waals surface area contributed by atoms with Crippen molar-refractivity contribution in [2.75, 3.05) is 26.7 Å². The van der Waals surface area contributed by atoms with E-state index in [1.165, 1.54) is 7.11 Å². The van der Waals surface area contributed by atoms with Crippen molar-refractivity contribution in [3.8, 4) is 11.5 Å². The van der Waals surface area contributed by atoms with E-state index in [0.717, 1.165) is 31.2 Å². The highest BCUT2D eigenvalue weighted by molar-refractivity contribution is 5.98. The summed E-state index contributed by atoms with van der Waals surface area (Å²) >= 11 is 0. The highest BCUT2D eigenvalue weighted by Crippen LogP contribution is 2.29. The van der Waals surface area contributed by atoms with Crippen LogP contribution < -0.4 is 20.5 Å². The van der Waals surface area contributed by atoms with E-state index in [2.05, 4.69) is 5.32 Å². The summed E-state index contributed by atoms with van der Waals surface area (Å²) in [5.74, 6) is 1.76. The van der Waals surface area contributed by atoms with Crippen molar-refractivity contribution >= 4 is 34.8 Å². The van der Waals surface area contributed by atoms with E-state index in [4.69, 9.17) is 35.1 Å². The summed E-state index contributed by atoms with van der Waals surface area (Å²) in [5, 5.41) is 10.9. The Hall–Kier alpha value is -4.81. The molecule has 1 aliphatic carbocycles. The maximum absolute atomic E-state index is 13.2.